The summed E-state index contributed by atoms with van der Waals surface area (Å²) < 4.78 is 5.08. The van der Waals surface area contributed by atoms with Crippen LogP contribution in [0.25, 0.3) is 0 Å². The first-order chi connectivity index (χ1) is 9.74. The number of pyridine rings is 1. The molecule has 2 rings (SSSR count). The summed E-state index contributed by atoms with van der Waals surface area (Å²) in [7, 11) is 3.38. The third-order valence-corrected chi connectivity index (χ3v) is 2.80. The second-order valence-corrected chi connectivity index (χ2v) is 4.24. The van der Waals surface area contributed by atoms with Crippen molar-refractivity contribution in [2.24, 2.45) is 0 Å². The third-order valence-electron chi connectivity index (χ3n) is 2.80. The maximum atomic E-state index is 12.2. The molecule has 1 amide bonds. The molecular weight excluding hydrogens is 254 g/mol. The van der Waals surface area contributed by atoms with Crippen LogP contribution in [0, 0.1) is 0 Å². The second kappa shape index (κ2) is 6.68. The van der Waals surface area contributed by atoms with Crippen molar-refractivity contribution in [3.63, 3.8) is 0 Å². The summed E-state index contributed by atoms with van der Waals surface area (Å²) in [5, 5.41) is 5.90. The molecule has 1 heterocycles. The zero-order valence-electron chi connectivity index (χ0n) is 11.5. The smallest absolute Gasteiger partial charge is 0.261 e. The van der Waals surface area contributed by atoms with E-state index in [1.165, 1.54) is 7.11 Å². The van der Waals surface area contributed by atoms with Crippen LogP contribution in [-0.2, 0) is 6.54 Å². The first-order valence-corrected chi connectivity index (χ1v) is 6.28. The zero-order chi connectivity index (χ0) is 14.4. The summed E-state index contributed by atoms with van der Waals surface area (Å²) in [5.41, 5.74) is 2.31. The molecule has 20 heavy (non-hydrogen) atoms. The minimum absolute atomic E-state index is 0.240. The van der Waals surface area contributed by atoms with Gasteiger partial charge < -0.3 is 15.4 Å². The first kappa shape index (κ1) is 14.0. The Bertz CT molecular complexity index is 582. The Kier molecular flexibility index (Phi) is 4.68. The van der Waals surface area contributed by atoms with Crippen molar-refractivity contribution in [3.8, 4) is 5.88 Å². The van der Waals surface area contributed by atoms with E-state index >= 15 is 0 Å². The fraction of sp³-hybridized carbons (Fsp3) is 0.200. The molecule has 0 aliphatic rings. The van der Waals surface area contributed by atoms with Crippen LogP contribution in [0.2, 0.25) is 0 Å². The highest BCUT2D eigenvalue weighted by atomic mass is 16.5. The molecule has 0 spiro atoms. The van der Waals surface area contributed by atoms with Gasteiger partial charge in [-0.2, -0.15) is 0 Å². The molecule has 5 nitrogen and oxygen atoms in total. The lowest BCUT2D eigenvalue weighted by Crippen LogP contribution is -2.14. The lowest BCUT2D eigenvalue weighted by atomic mass is 10.2. The first-order valence-electron chi connectivity index (χ1n) is 6.28. The van der Waals surface area contributed by atoms with Crippen molar-refractivity contribution in [2.45, 2.75) is 6.54 Å². The third kappa shape index (κ3) is 3.33. The molecule has 0 saturated heterocycles. The molecule has 1 aromatic carbocycles. The van der Waals surface area contributed by atoms with Crippen LogP contribution >= 0.6 is 0 Å². The van der Waals surface area contributed by atoms with Crippen LogP contribution in [0.4, 0.5) is 5.69 Å². The number of nitrogens with zero attached hydrogens (tertiary/aromatic N) is 1. The van der Waals surface area contributed by atoms with Crippen molar-refractivity contribution >= 4 is 11.6 Å². The summed E-state index contributed by atoms with van der Waals surface area (Å²) in [6.45, 7) is 0.796. The standard InChI is InChI=1S/C15H17N3O2/c1-16-10-11-5-7-12(8-6-11)18-14(19)13-4-3-9-17-15(13)20-2/h3-9,16H,10H2,1-2H3,(H,18,19). The average molecular weight is 271 g/mol. The molecule has 0 aliphatic carbocycles. The van der Waals surface area contributed by atoms with E-state index in [-0.39, 0.29) is 5.91 Å². The molecule has 2 N–H and O–H groups in total. The summed E-state index contributed by atoms with van der Waals surface area (Å²) in [6, 6.07) is 11.0. The lowest BCUT2D eigenvalue weighted by molar-refractivity contribution is 0.102. The van der Waals surface area contributed by atoms with Gasteiger partial charge in [0.1, 0.15) is 5.56 Å². The molecule has 0 bridgehead atoms. The van der Waals surface area contributed by atoms with E-state index < -0.39 is 0 Å². The van der Waals surface area contributed by atoms with Gasteiger partial charge in [-0.05, 0) is 36.9 Å². The highest BCUT2D eigenvalue weighted by molar-refractivity contribution is 6.05. The van der Waals surface area contributed by atoms with E-state index in [1.807, 2.05) is 31.3 Å². The number of methoxy groups -OCH3 is 1. The Balaban J connectivity index is 2.11. The number of amides is 1. The van der Waals surface area contributed by atoms with Crippen molar-refractivity contribution in [3.05, 3.63) is 53.7 Å². The SMILES string of the molecule is CNCc1ccc(NC(=O)c2cccnc2OC)cc1. The number of carbonyl (C=O) groups excluding carboxylic acids is 1. The fourth-order valence-electron chi connectivity index (χ4n) is 1.83. The monoisotopic (exact) mass is 271 g/mol. The minimum Gasteiger partial charge on any atom is -0.480 e. The highest BCUT2D eigenvalue weighted by Gasteiger charge is 2.12. The van der Waals surface area contributed by atoms with Crippen LogP contribution in [0.5, 0.6) is 5.88 Å². The van der Waals surface area contributed by atoms with Gasteiger partial charge in [-0.15, -0.1) is 0 Å². The Morgan fingerprint density at radius 1 is 1.25 bits per heavy atom. The Hall–Kier alpha value is -2.40. The van der Waals surface area contributed by atoms with Gasteiger partial charge >= 0.3 is 0 Å². The van der Waals surface area contributed by atoms with E-state index in [4.69, 9.17) is 4.74 Å². The number of rotatable bonds is 5. The summed E-state index contributed by atoms with van der Waals surface area (Å²) in [6.07, 6.45) is 1.59. The quantitative estimate of drug-likeness (QED) is 0.873. The van der Waals surface area contributed by atoms with Crippen LogP contribution in [-0.4, -0.2) is 25.0 Å². The summed E-state index contributed by atoms with van der Waals surface area (Å²) in [4.78, 5) is 16.2. The number of ether oxygens (including phenoxy) is 1. The fourth-order valence-corrected chi connectivity index (χ4v) is 1.83. The maximum absolute atomic E-state index is 12.2. The average Bonchev–Trinajstić information content (AvgIpc) is 2.49. The number of anilines is 1. The molecule has 0 aliphatic heterocycles. The van der Waals surface area contributed by atoms with Gasteiger partial charge in [-0.3, -0.25) is 4.79 Å². The molecule has 0 radical (unpaired) electrons. The number of hydrogen-bond acceptors (Lipinski definition) is 4. The van der Waals surface area contributed by atoms with Crippen LogP contribution in [0.3, 0.4) is 0 Å². The summed E-state index contributed by atoms with van der Waals surface area (Å²) in [5.74, 6) is 0.0770. The molecule has 0 unspecified atom stereocenters. The highest BCUT2D eigenvalue weighted by Crippen LogP contribution is 2.16. The van der Waals surface area contributed by atoms with Gasteiger partial charge in [-0.25, -0.2) is 4.98 Å². The molecule has 104 valence electrons. The largest absolute Gasteiger partial charge is 0.480 e. The Labute approximate surface area is 118 Å². The maximum Gasteiger partial charge on any atom is 0.261 e. The van der Waals surface area contributed by atoms with Gasteiger partial charge in [0.25, 0.3) is 5.91 Å². The summed E-state index contributed by atoms with van der Waals surface area (Å²) >= 11 is 0. The number of nitrogens with one attached hydrogen (secondary N) is 2. The lowest BCUT2D eigenvalue weighted by Gasteiger charge is -2.08. The van der Waals surface area contributed by atoms with Crippen LogP contribution < -0.4 is 15.4 Å². The molecule has 5 heteroatoms. The minimum atomic E-state index is -0.240. The Morgan fingerprint density at radius 2 is 2.00 bits per heavy atom. The van der Waals surface area contributed by atoms with E-state index in [0.29, 0.717) is 11.4 Å². The second-order valence-electron chi connectivity index (χ2n) is 4.24. The van der Waals surface area contributed by atoms with E-state index in [2.05, 4.69) is 15.6 Å². The molecule has 0 fully saturated rings. The molecule has 0 atom stereocenters. The van der Waals surface area contributed by atoms with Gasteiger partial charge in [-0.1, -0.05) is 12.1 Å². The van der Waals surface area contributed by atoms with Gasteiger partial charge in [0.05, 0.1) is 7.11 Å². The van der Waals surface area contributed by atoms with Gasteiger partial charge in [0.15, 0.2) is 0 Å². The molecular formula is C15H17N3O2. The van der Waals surface area contributed by atoms with Gasteiger partial charge in [0.2, 0.25) is 5.88 Å². The van der Waals surface area contributed by atoms with E-state index in [9.17, 15) is 4.79 Å². The number of hydrogen-bond donors (Lipinski definition) is 2. The van der Waals surface area contributed by atoms with Crippen LogP contribution in [0.15, 0.2) is 42.6 Å². The predicted octanol–water partition coefficient (Wildman–Crippen LogP) is 2.06. The van der Waals surface area contributed by atoms with E-state index in [0.717, 1.165) is 17.8 Å². The van der Waals surface area contributed by atoms with Gasteiger partial charge in [0, 0.05) is 18.4 Å². The topological polar surface area (TPSA) is 63.2 Å². The van der Waals surface area contributed by atoms with Crippen molar-refractivity contribution in [2.75, 3.05) is 19.5 Å². The molecule has 1 aromatic heterocycles. The van der Waals surface area contributed by atoms with E-state index in [1.54, 1.807) is 18.3 Å². The van der Waals surface area contributed by atoms with Crippen molar-refractivity contribution < 1.29 is 9.53 Å². The zero-order valence-corrected chi connectivity index (χ0v) is 11.5. The van der Waals surface area contributed by atoms with Crippen molar-refractivity contribution in [1.82, 2.24) is 10.3 Å². The molecule has 2 aromatic rings. The number of benzene rings is 1. The Morgan fingerprint density at radius 3 is 2.65 bits per heavy atom. The normalized spacial score (nSPS) is 10.1. The number of aromatic nitrogens is 1. The predicted molar refractivity (Wildman–Crippen MR) is 77.9 cm³/mol. The number of carbonyl (C=O) groups is 1. The van der Waals surface area contributed by atoms with Crippen LogP contribution in [0.1, 0.15) is 15.9 Å². The molecule has 0 saturated carbocycles. The van der Waals surface area contributed by atoms with Crippen molar-refractivity contribution in [1.29, 1.82) is 0 Å².